The van der Waals surface area contributed by atoms with Gasteiger partial charge in [0.15, 0.2) is 0 Å². The molecule has 4 atom stereocenters. The van der Waals surface area contributed by atoms with E-state index in [2.05, 4.69) is 28.4 Å². The van der Waals surface area contributed by atoms with Gasteiger partial charge in [-0.3, -0.25) is 9.69 Å². The standard InChI is InChI=1S/C21H31N3O2/c22-20-15-6-5-14(11-15)19(20)21(26)23-12-16-3-1-2-4-17(16)13-24-9-7-18(25)8-10-24/h1-4,14-15,18-20,25H,5-13,22H2,(H,23,26). The third-order valence-corrected chi connectivity index (χ3v) is 6.81. The van der Waals surface area contributed by atoms with Gasteiger partial charge in [-0.05, 0) is 55.1 Å². The summed E-state index contributed by atoms with van der Waals surface area (Å²) >= 11 is 0. The molecular formula is C21H31N3O2. The summed E-state index contributed by atoms with van der Waals surface area (Å²) in [5.74, 6) is 1.19. The van der Waals surface area contributed by atoms with Crippen molar-refractivity contribution in [2.75, 3.05) is 13.1 Å². The summed E-state index contributed by atoms with van der Waals surface area (Å²) in [5, 5.41) is 12.8. The number of carbonyl (C=O) groups excluding carboxylic acids is 1. The van der Waals surface area contributed by atoms with Crippen molar-refractivity contribution < 1.29 is 9.90 Å². The number of fused-ring (bicyclic) bond motifs is 2. The van der Waals surface area contributed by atoms with Crippen LogP contribution < -0.4 is 11.1 Å². The second kappa shape index (κ2) is 7.67. The minimum atomic E-state index is -0.147. The Hall–Kier alpha value is -1.43. The van der Waals surface area contributed by atoms with Gasteiger partial charge in [-0.1, -0.05) is 24.3 Å². The molecule has 0 spiro atoms. The van der Waals surface area contributed by atoms with Crippen LogP contribution in [-0.4, -0.2) is 41.1 Å². The van der Waals surface area contributed by atoms with Gasteiger partial charge in [0.2, 0.25) is 5.91 Å². The zero-order valence-electron chi connectivity index (χ0n) is 15.4. The van der Waals surface area contributed by atoms with Crippen molar-refractivity contribution >= 4 is 5.91 Å². The fourth-order valence-electron chi connectivity index (χ4n) is 5.23. The van der Waals surface area contributed by atoms with Crippen molar-refractivity contribution in [3.05, 3.63) is 35.4 Å². The van der Waals surface area contributed by atoms with Crippen LogP contribution in [-0.2, 0) is 17.9 Å². The quantitative estimate of drug-likeness (QED) is 0.748. The summed E-state index contributed by atoms with van der Waals surface area (Å²) in [6.45, 7) is 3.32. The maximum absolute atomic E-state index is 12.7. The van der Waals surface area contributed by atoms with Gasteiger partial charge in [-0.2, -0.15) is 0 Å². The number of carbonyl (C=O) groups is 1. The first-order valence-electron chi connectivity index (χ1n) is 10.1. The number of aliphatic hydroxyl groups excluding tert-OH is 1. The van der Waals surface area contributed by atoms with Gasteiger partial charge in [0.25, 0.3) is 0 Å². The topological polar surface area (TPSA) is 78.6 Å². The average Bonchev–Trinajstić information content (AvgIpc) is 3.24. The predicted octanol–water partition coefficient (Wildman–Crippen LogP) is 1.63. The molecule has 26 heavy (non-hydrogen) atoms. The zero-order chi connectivity index (χ0) is 18.1. The van der Waals surface area contributed by atoms with Crippen molar-refractivity contribution in [3.63, 3.8) is 0 Å². The van der Waals surface area contributed by atoms with Gasteiger partial charge in [-0.15, -0.1) is 0 Å². The number of piperidine rings is 1. The Morgan fingerprint density at radius 1 is 1.12 bits per heavy atom. The second-order valence-electron chi connectivity index (χ2n) is 8.43. The van der Waals surface area contributed by atoms with Crippen LogP contribution >= 0.6 is 0 Å². The summed E-state index contributed by atoms with van der Waals surface area (Å²) in [7, 11) is 0. The molecule has 5 nitrogen and oxygen atoms in total. The Kier molecular flexibility index (Phi) is 5.30. The first-order chi connectivity index (χ1) is 12.6. The number of likely N-dealkylation sites (tertiary alicyclic amines) is 1. The van der Waals surface area contributed by atoms with Crippen LogP contribution in [0.3, 0.4) is 0 Å². The van der Waals surface area contributed by atoms with Crippen LogP contribution in [0.25, 0.3) is 0 Å². The minimum Gasteiger partial charge on any atom is -0.393 e. The first-order valence-corrected chi connectivity index (χ1v) is 10.1. The van der Waals surface area contributed by atoms with Crippen molar-refractivity contribution in [1.82, 2.24) is 10.2 Å². The summed E-state index contributed by atoms with van der Waals surface area (Å²) in [6, 6.07) is 8.40. The lowest BCUT2D eigenvalue weighted by atomic mass is 9.84. The van der Waals surface area contributed by atoms with Gasteiger partial charge in [0, 0.05) is 32.2 Å². The molecule has 2 bridgehead atoms. The summed E-state index contributed by atoms with van der Waals surface area (Å²) in [5.41, 5.74) is 8.76. The monoisotopic (exact) mass is 357 g/mol. The van der Waals surface area contributed by atoms with E-state index < -0.39 is 0 Å². The minimum absolute atomic E-state index is 0.00416. The number of rotatable bonds is 5. The van der Waals surface area contributed by atoms with Crippen molar-refractivity contribution in [2.45, 2.75) is 57.3 Å². The number of benzene rings is 1. The molecule has 3 aliphatic rings. The highest BCUT2D eigenvalue weighted by atomic mass is 16.3. The molecule has 1 heterocycles. The molecule has 0 aromatic heterocycles. The Morgan fingerprint density at radius 2 is 1.81 bits per heavy atom. The van der Waals surface area contributed by atoms with Crippen LogP contribution in [0.2, 0.25) is 0 Å². The SMILES string of the molecule is NC1C2CCC(C2)C1C(=O)NCc1ccccc1CN1CCC(O)CC1. The lowest BCUT2D eigenvalue weighted by molar-refractivity contribution is -0.127. The number of nitrogens with zero attached hydrogens (tertiary/aromatic N) is 1. The van der Waals surface area contributed by atoms with Gasteiger partial charge in [-0.25, -0.2) is 0 Å². The van der Waals surface area contributed by atoms with Crippen LogP contribution in [0.4, 0.5) is 0 Å². The Morgan fingerprint density at radius 3 is 2.50 bits per heavy atom. The van der Waals surface area contributed by atoms with Gasteiger partial charge in [0.1, 0.15) is 0 Å². The van der Waals surface area contributed by atoms with E-state index in [-0.39, 0.29) is 24.0 Å². The Balaban J connectivity index is 1.35. The maximum atomic E-state index is 12.7. The second-order valence-corrected chi connectivity index (χ2v) is 8.43. The van der Waals surface area contributed by atoms with Crippen LogP contribution in [0.15, 0.2) is 24.3 Å². The summed E-state index contributed by atoms with van der Waals surface area (Å²) in [6.07, 6.45) is 5.04. The van der Waals surface area contributed by atoms with Crippen molar-refractivity contribution in [1.29, 1.82) is 0 Å². The fourth-order valence-corrected chi connectivity index (χ4v) is 5.23. The first kappa shape index (κ1) is 18.0. The summed E-state index contributed by atoms with van der Waals surface area (Å²) in [4.78, 5) is 15.1. The summed E-state index contributed by atoms with van der Waals surface area (Å²) < 4.78 is 0. The molecule has 1 aromatic carbocycles. The van der Waals surface area contributed by atoms with Gasteiger partial charge < -0.3 is 16.2 Å². The highest BCUT2D eigenvalue weighted by Gasteiger charge is 2.48. The van der Waals surface area contributed by atoms with E-state index in [0.717, 1.165) is 45.3 Å². The third-order valence-electron chi connectivity index (χ3n) is 6.81. The average molecular weight is 357 g/mol. The van der Waals surface area contributed by atoms with Crippen molar-refractivity contribution in [3.8, 4) is 0 Å². The van der Waals surface area contributed by atoms with Crippen LogP contribution in [0.1, 0.15) is 43.2 Å². The van der Waals surface area contributed by atoms with E-state index in [1.54, 1.807) is 0 Å². The van der Waals surface area contributed by atoms with Gasteiger partial charge in [0.05, 0.1) is 12.0 Å². The van der Waals surface area contributed by atoms with Gasteiger partial charge >= 0.3 is 0 Å². The third kappa shape index (κ3) is 3.66. The molecule has 142 valence electrons. The number of hydrogen-bond acceptors (Lipinski definition) is 4. The van der Waals surface area contributed by atoms with Crippen molar-refractivity contribution in [2.24, 2.45) is 23.5 Å². The molecule has 4 N–H and O–H groups in total. The molecule has 3 fully saturated rings. The lowest BCUT2D eigenvalue weighted by Crippen LogP contribution is -2.45. The van der Waals surface area contributed by atoms with E-state index in [9.17, 15) is 9.90 Å². The molecular weight excluding hydrogens is 326 g/mol. The molecule has 1 aliphatic heterocycles. The fraction of sp³-hybridized carbons (Fsp3) is 0.667. The number of aliphatic hydroxyl groups is 1. The predicted molar refractivity (Wildman–Crippen MR) is 101 cm³/mol. The molecule has 4 rings (SSSR count). The lowest BCUT2D eigenvalue weighted by Gasteiger charge is -2.30. The molecule has 1 amide bonds. The maximum Gasteiger partial charge on any atom is 0.225 e. The van der Waals surface area contributed by atoms with E-state index >= 15 is 0 Å². The Bertz CT molecular complexity index is 640. The van der Waals surface area contributed by atoms with E-state index in [0.29, 0.717) is 18.4 Å². The van der Waals surface area contributed by atoms with E-state index in [1.165, 1.54) is 17.5 Å². The largest absolute Gasteiger partial charge is 0.393 e. The highest BCUT2D eigenvalue weighted by molar-refractivity contribution is 5.80. The molecule has 2 saturated carbocycles. The van der Waals surface area contributed by atoms with Crippen LogP contribution in [0.5, 0.6) is 0 Å². The number of amides is 1. The molecule has 5 heteroatoms. The van der Waals surface area contributed by atoms with Crippen LogP contribution in [0, 0.1) is 17.8 Å². The molecule has 1 saturated heterocycles. The zero-order valence-corrected chi connectivity index (χ0v) is 15.4. The van der Waals surface area contributed by atoms with E-state index in [1.807, 2.05) is 6.07 Å². The highest BCUT2D eigenvalue weighted by Crippen LogP contribution is 2.47. The number of hydrogen-bond donors (Lipinski definition) is 3. The number of nitrogens with two attached hydrogens (primary N) is 1. The number of nitrogens with one attached hydrogen (secondary N) is 1. The molecule has 2 aliphatic carbocycles. The van der Waals surface area contributed by atoms with E-state index in [4.69, 9.17) is 5.73 Å². The smallest absolute Gasteiger partial charge is 0.225 e. The molecule has 4 unspecified atom stereocenters. The Labute approximate surface area is 155 Å². The molecule has 0 radical (unpaired) electrons. The normalized spacial score (nSPS) is 32.1. The molecule has 1 aromatic rings.